The largest absolute Gasteiger partial charge is 0.384 e. The lowest BCUT2D eigenvalue weighted by molar-refractivity contribution is 0.0911. The highest BCUT2D eigenvalue weighted by Gasteiger charge is 2.20. The molecule has 0 saturated heterocycles. The first-order valence-corrected chi connectivity index (χ1v) is 5.86. The molecule has 0 aliphatic carbocycles. The molecular formula is C14H18N2O2. The van der Waals surface area contributed by atoms with Crippen LogP contribution in [0.25, 0.3) is 0 Å². The molecule has 0 atom stereocenters. The monoisotopic (exact) mass is 246 g/mol. The van der Waals surface area contributed by atoms with Crippen LogP contribution in [0.15, 0.2) is 18.5 Å². The topological polar surface area (TPSA) is 62.2 Å². The van der Waals surface area contributed by atoms with Crippen molar-refractivity contribution >= 4 is 5.91 Å². The number of hydrogen-bond donors (Lipinski definition) is 2. The van der Waals surface area contributed by atoms with Gasteiger partial charge in [0.05, 0.1) is 11.1 Å². The highest BCUT2D eigenvalue weighted by atomic mass is 16.2. The quantitative estimate of drug-likeness (QED) is 0.791. The van der Waals surface area contributed by atoms with Gasteiger partial charge in [-0.2, -0.15) is 0 Å². The second-order valence-corrected chi connectivity index (χ2v) is 4.57. The van der Waals surface area contributed by atoms with Gasteiger partial charge in [-0.05, 0) is 26.3 Å². The Labute approximate surface area is 107 Å². The second-order valence-electron chi connectivity index (χ2n) is 4.57. The molecule has 1 aromatic heterocycles. The zero-order valence-electron chi connectivity index (χ0n) is 10.9. The average molecular weight is 246 g/mol. The maximum absolute atomic E-state index is 12.1. The molecule has 4 nitrogen and oxygen atoms in total. The van der Waals surface area contributed by atoms with Gasteiger partial charge >= 0.3 is 0 Å². The van der Waals surface area contributed by atoms with Crippen molar-refractivity contribution in [1.82, 2.24) is 10.3 Å². The average Bonchev–Trinajstić information content (AvgIpc) is 2.36. The number of rotatable bonds is 3. The Morgan fingerprint density at radius 2 is 2.28 bits per heavy atom. The molecule has 1 rings (SSSR count). The van der Waals surface area contributed by atoms with Gasteiger partial charge in [0, 0.05) is 17.9 Å². The van der Waals surface area contributed by atoms with Crippen molar-refractivity contribution in [3.8, 4) is 11.8 Å². The van der Waals surface area contributed by atoms with Crippen molar-refractivity contribution in [3.63, 3.8) is 0 Å². The highest BCUT2D eigenvalue weighted by Crippen LogP contribution is 2.11. The van der Waals surface area contributed by atoms with Crippen LogP contribution in [0.5, 0.6) is 0 Å². The molecule has 1 heterocycles. The molecule has 1 aromatic rings. The first-order chi connectivity index (χ1) is 8.50. The summed E-state index contributed by atoms with van der Waals surface area (Å²) in [6.07, 6.45) is 3.91. The fourth-order valence-electron chi connectivity index (χ4n) is 1.29. The minimum absolute atomic E-state index is 0.175. The van der Waals surface area contributed by atoms with Gasteiger partial charge in [-0.25, -0.2) is 0 Å². The van der Waals surface area contributed by atoms with E-state index in [-0.39, 0.29) is 18.1 Å². The van der Waals surface area contributed by atoms with Gasteiger partial charge in [0.25, 0.3) is 5.91 Å². The summed E-state index contributed by atoms with van der Waals surface area (Å²) >= 11 is 0. The van der Waals surface area contributed by atoms with Crippen LogP contribution < -0.4 is 5.32 Å². The van der Waals surface area contributed by atoms with Crippen molar-refractivity contribution in [1.29, 1.82) is 0 Å². The molecule has 0 unspecified atom stereocenters. The van der Waals surface area contributed by atoms with Crippen molar-refractivity contribution in [2.45, 2.75) is 32.7 Å². The SMILES string of the molecule is CCC(C)(C)NC(=O)c1ccncc1C#CCO. The van der Waals surface area contributed by atoms with Crippen LogP contribution >= 0.6 is 0 Å². The minimum Gasteiger partial charge on any atom is -0.384 e. The number of aliphatic hydroxyl groups is 1. The molecule has 0 aliphatic rings. The number of pyridine rings is 1. The lowest BCUT2D eigenvalue weighted by atomic mass is 10.0. The normalized spacial score (nSPS) is 10.4. The summed E-state index contributed by atoms with van der Waals surface area (Å²) in [5, 5.41) is 11.6. The van der Waals surface area contributed by atoms with Crippen LogP contribution in [0.3, 0.4) is 0 Å². The number of nitrogens with zero attached hydrogens (tertiary/aromatic N) is 1. The summed E-state index contributed by atoms with van der Waals surface area (Å²) in [4.78, 5) is 16.1. The van der Waals surface area contributed by atoms with E-state index in [0.717, 1.165) is 6.42 Å². The Kier molecular flexibility index (Phi) is 4.87. The molecule has 96 valence electrons. The first kappa shape index (κ1) is 14.2. The zero-order chi connectivity index (χ0) is 13.6. The third-order valence-corrected chi connectivity index (χ3v) is 2.70. The van der Waals surface area contributed by atoms with E-state index in [4.69, 9.17) is 5.11 Å². The summed E-state index contributed by atoms with van der Waals surface area (Å²) in [7, 11) is 0. The molecule has 0 fully saturated rings. The number of carbonyl (C=O) groups excluding carboxylic acids is 1. The van der Waals surface area contributed by atoms with Crippen molar-refractivity contribution in [3.05, 3.63) is 29.6 Å². The molecule has 0 aliphatic heterocycles. The highest BCUT2D eigenvalue weighted by molar-refractivity contribution is 5.96. The standard InChI is InChI=1S/C14H18N2O2/c1-4-14(2,3)16-13(18)12-7-8-15-10-11(12)6-5-9-17/h7-8,10,17H,4,9H2,1-3H3,(H,16,18). The number of nitrogens with one attached hydrogen (secondary N) is 1. The third-order valence-electron chi connectivity index (χ3n) is 2.70. The fraction of sp³-hybridized carbons (Fsp3) is 0.429. The van der Waals surface area contributed by atoms with Crippen LogP contribution in [0, 0.1) is 11.8 Å². The first-order valence-electron chi connectivity index (χ1n) is 5.86. The van der Waals surface area contributed by atoms with E-state index in [9.17, 15) is 4.79 Å². The van der Waals surface area contributed by atoms with E-state index in [0.29, 0.717) is 11.1 Å². The van der Waals surface area contributed by atoms with Gasteiger partial charge in [-0.3, -0.25) is 9.78 Å². The van der Waals surface area contributed by atoms with Crippen molar-refractivity contribution < 1.29 is 9.90 Å². The lowest BCUT2D eigenvalue weighted by Crippen LogP contribution is -2.43. The molecule has 4 heteroatoms. The maximum atomic E-state index is 12.1. The van der Waals surface area contributed by atoms with Gasteiger partial charge in [0.1, 0.15) is 6.61 Å². The molecule has 0 bridgehead atoms. The summed E-state index contributed by atoms with van der Waals surface area (Å²) in [6, 6.07) is 1.63. The molecule has 0 saturated carbocycles. The number of aliphatic hydroxyl groups excluding tert-OH is 1. The van der Waals surface area contributed by atoms with Gasteiger partial charge in [0.15, 0.2) is 0 Å². The Balaban J connectivity index is 2.99. The molecule has 0 spiro atoms. The van der Waals surface area contributed by atoms with E-state index in [1.165, 1.54) is 6.20 Å². The summed E-state index contributed by atoms with van der Waals surface area (Å²) in [5.41, 5.74) is 0.741. The van der Waals surface area contributed by atoms with Gasteiger partial charge in [-0.1, -0.05) is 18.8 Å². The van der Waals surface area contributed by atoms with E-state index in [1.54, 1.807) is 12.3 Å². The summed E-state index contributed by atoms with van der Waals surface area (Å²) in [6.45, 7) is 5.70. The predicted molar refractivity (Wildman–Crippen MR) is 70.0 cm³/mol. The Morgan fingerprint density at radius 1 is 1.56 bits per heavy atom. The zero-order valence-corrected chi connectivity index (χ0v) is 10.9. The lowest BCUT2D eigenvalue weighted by Gasteiger charge is -2.24. The van der Waals surface area contributed by atoms with Crippen LogP contribution in [0.2, 0.25) is 0 Å². The number of aromatic nitrogens is 1. The van der Waals surface area contributed by atoms with E-state index in [2.05, 4.69) is 22.1 Å². The fourth-order valence-corrected chi connectivity index (χ4v) is 1.29. The maximum Gasteiger partial charge on any atom is 0.253 e. The minimum atomic E-state index is -0.262. The van der Waals surface area contributed by atoms with Gasteiger partial charge < -0.3 is 10.4 Å². The van der Waals surface area contributed by atoms with E-state index in [1.807, 2.05) is 20.8 Å². The number of hydrogen-bond acceptors (Lipinski definition) is 3. The number of amides is 1. The van der Waals surface area contributed by atoms with Crippen LogP contribution in [0.1, 0.15) is 43.1 Å². The van der Waals surface area contributed by atoms with E-state index >= 15 is 0 Å². The Morgan fingerprint density at radius 3 is 2.89 bits per heavy atom. The third kappa shape index (κ3) is 3.86. The molecular weight excluding hydrogens is 228 g/mol. The van der Waals surface area contributed by atoms with E-state index < -0.39 is 0 Å². The molecule has 0 radical (unpaired) electrons. The number of carbonyl (C=O) groups is 1. The van der Waals surface area contributed by atoms with Crippen molar-refractivity contribution in [2.24, 2.45) is 0 Å². The Hall–Kier alpha value is -1.86. The molecule has 0 aromatic carbocycles. The van der Waals surface area contributed by atoms with Gasteiger partial charge in [-0.15, -0.1) is 0 Å². The molecule has 1 amide bonds. The van der Waals surface area contributed by atoms with Gasteiger partial charge in [0.2, 0.25) is 0 Å². The summed E-state index contributed by atoms with van der Waals surface area (Å²) < 4.78 is 0. The van der Waals surface area contributed by atoms with Crippen LogP contribution in [0.4, 0.5) is 0 Å². The van der Waals surface area contributed by atoms with Crippen LogP contribution in [-0.2, 0) is 0 Å². The molecule has 18 heavy (non-hydrogen) atoms. The predicted octanol–water partition coefficient (Wildman–Crippen LogP) is 1.34. The Bertz CT molecular complexity index is 484. The van der Waals surface area contributed by atoms with Crippen LogP contribution in [-0.4, -0.2) is 28.1 Å². The van der Waals surface area contributed by atoms with Crippen molar-refractivity contribution in [2.75, 3.05) is 6.61 Å². The second kappa shape index (κ2) is 6.18. The smallest absolute Gasteiger partial charge is 0.253 e. The molecule has 2 N–H and O–H groups in total. The summed E-state index contributed by atoms with van der Waals surface area (Å²) in [5.74, 6) is 5.07.